The number of hydrogen-bond acceptors (Lipinski definition) is 5. The molecule has 1 heterocycles. The van der Waals surface area contributed by atoms with Crippen molar-refractivity contribution in [2.75, 3.05) is 19.6 Å². The van der Waals surface area contributed by atoms with Gasteiger partial charge in [-0.1, -0.05) is 12.1 Å². The van der Waals surface area contributed by atoms with Crippen molar-refractivity contribution in [1.82, 2.24) is 9.62 Å². The monoisotopic (exact) mass is 379 g/mol. The molecule has 2 aromatic rings. The highest BCUT2D eigenvalue weighted by molar-refractivity contribution is 7.89. The van der Waals surface area contributed by atoms with Crippen LogP contribution in [0.4, 0.5) is 10.1 Å². The smallest absolute Gasteiger partial charge is 0.269 e. The largest absolute Gasteiger partial charge is 0.313 e. The lowest BCUT2D eigenvalue weighted by Crippen LogP contribution is -2.48. The van der Waals surface area contributed by atoms with E-state index in [4.69, 9.17) is 0 Å². The van der Waals surface area contributed by atoms with Crippen LogP contribution in [-0.2, 0) is 10.0 Å². The van der Waals surface area contributed by atoms with Crippen molar-refractivity contribution >= 4 is 15.7 Å². The highest BCUT2D eigenvalue weighted by Gasteiger charge is 2.35. The Bertz CT molecular complexity index is 949. The molecule has 0 amide bonds. The molecule has 26 heavy (non-hydrogen) atoms. The van der Waals surface area contributed by atoms with E-state index in [-0.39, 0.29) is 17.1 Å². The zero-order valence-electron chi connectivity index (χ0n) is 14.1. The number of nitrogens with zero attached hydrogens (tertiary/aromatic N) is 2. The average molecular weight is 379 g/mol. The van der Waals surface area contributed by atoms with Crippen LogP contribution >= 0.6 is 0 Å². The zero-order chi connectivity index (χ0) is 18.9. The van der Waals surface area contributed by atoms with Crippen molar-refractivity contribution in [3.05, 3.63) is 69.5 Å². The standard InChI is InChI=1S/C17H18FN3O4S/c1-12-9-15(21(22)23)5-6-17(12)26(24,25)20-8-7-19-11-16(20)13-3-2-4-14(18)10-13/h2-6,9-10,16,19H,7-8,11H2,1H3. The van der Waals surface area contributed by atoms with Crippen LogP contribution in [0, 0.1) is 22.9 Å². The van der Waals surface area contributed by atoms with Gasteiger partial charge in [-0.3, -0.25) is 10.1 Å². The Morgan fingerprint density at radius 3 is 2.69 bits per heavy atom. The summed E-state index contributed by atoms with van der Waals surface area (Å²) in [6, 6.07) is 8.98. The topological polar surface area (TPSA) is 92.5 Å². The molecule has 0 aromatic heterocycles. The van der Waals surface area contributed by atoms with Crippen LogP contribution in [0.2, 0.25) is 0 Å². The van der Waals surface area contributed by atoms with Crippen molar-refractivity contribution < 1.29 is 17.7 Å². The van der Waals surface area contributed by atoms with Crippen LogP contribution in [-0.4, -0.2) is 37.3 Å². The van der Waals surface area contributed by atoms with E-state index in [1.54, 1.807) is 12.1 Å². The zero-order valence-corrected chi connectivity index (χ0v) is 14.9. The van der Waals surface area contributed by atoms with Crippen LogP contribution in [0.15, 0.2) is 47.4 Å². The second-order valence-electron chi connectivity index (χ2n) is 6.10. The minimum absolute atomic E-state index is 0.0198. The van der Waals surface area contributed by atoms with Crippen molar-refractivity contribution in [1.29, 1.82) is 0 Å². The first kappa shape index (κ1) is 18.4. The molecular formula is C17H18FN3O4S. The molecule has 7 nitrogen and oxygen atoms in total. The van der Waals surface area contributed by atoms with E-state index >= 15 is 0 Å². The quantitative estimate of drug-likeness (QED) is 0.650. The van der Waals surface area contributed by atoms with Gasteiger partial charge in [0.15, 0.2) is 0 Å². The van der Waals surface area contributed by atoms with E-state index in [9.17, 15) is 22.9 Å². The predicted octanol–water partition coefficient (Wildman–Crippen LogP) is 2.38. The van der Waals surface area contributed by atoms with E-state index in [2.05, 4.69) is 5.32 Å². The first-order valence-corrected chi connectivity index (χ1v) is 9.48. The average Bonchev–Trinajstić information content (AvgIpc) is 2.61. The number of rotatable bonds is 4. The summed E-state index contributed by atoms with van der Waals surface area (Å²) in [7, 11) is -3.90. The first-order valence-electron chi connectivity index (χ1n) is 8.04. The number of non-ortho nitro benzene ring substituents is 1. The molecule has 1 unspecified atom stereocenters. The molecule has 2 aromatic carbocycles. The Labute approximate surface area is 150 Å². The fraction of sp³-hybridized carbons (Fsp3) is 0.294. The van der Waals surface area contributed by atoms with E-state index in [1.807, 2.05) is 0 Å². The van der Waals surface area contributed by atoms with Crippen molar-refractivity contribution in [2.45, 2.75) is 17.9 Å². The summed E-state index contributed by atoms with van der Waals surface area (Å²) in [4.78, 5) is 10.3. The number of sulfonamides is 1. The summed E-state index contributed by atoms with van der Waals surface area (Å²) in [6.45, 7) is 2.57. The molecule has 138 valence electrons. The first-order chi connectivity index (χ1) is 12.3. The summed E-state index contributed by atoms with van der Waals surface area (Å²) in [6.07, 6.45) is 0. The lowest BCUT2D eigenvalue weighted by atomic mass is 10.1. The van der Waals surface area contributed by atoms with Gasteiger partial charge >= 0.3 is 0 Å². The van der Waals surface area contributed by atoms with Crippen LogP contribution < -0.4 is 5.32 Å². The maximum Gasteiger partial charge on any atom is 0.269 e. The predicted molar refractivity (Wildman–Crippen MR) is 93.7 cm³/mol. The molecule has 0 radical (unpaired) electrons. The molecule has 1 atom stereocenters. The van der Waals surface area contributed by atoms with Crippen LogP contribution in [0.5, 0.6) is 0 Å². The SMILES string of the molecule is Cc1cc([N+](=O)[O-])ccc1S(=O)(=O)N1CCNCC1c1cccc(F)c1. The van der Waals surface area contributed by atoms with Crippen molar-refractivity contribution in [3.63, 3.8) is 0 Å². The van der Waals surface area contributed by atoms with Gasteiger partial charge in [0.2, 0.25) is 10.0 Å². The van der Waals surface area contributed by atoms with E-state index < -0.39 is 26.8 Å². The maximum atomic E-state index is 13.6. The molecule has 0 spiro atoms. The highest BCUT2D eigenvalue weighted by Crippen LogP contribution is 2.31. The van der Waals surface area contributed by atoms with E-state index in [0.29, 0.717) is 24.2 Å². The Kier molecular flexibility index (Phi) is 5.03. The highest BCUT2D eigenvalue weighted by atomic mass is 32.2. The molecule has 1 saturated heterocycles. The Balaban J connectivity index is 2.02. The molecule has 1 N–H and O–H groups in total. The second-order valence-corrected chi connectivity index (χ2v) is 7.96. The molecule has 9 heteroatoms. The van der Waals surface area contributed by atoms with Crippen LogP contribution in [0.25, 0.3) is 0 Å². The molecule has 1 aliphatic heterocycles. The molecule has 0 aliphatic carbocycles. The van der Waals surface area contributed by atoms with Crippen molar-refractivity contribution in [3.8, 4) is 0 Å². The third kappa shape index (κ3) is 3.46. The summed E-state index contributed by atoms with van der Waals surface area (Å²) in [5, 5.41) is 14.0. The second kappa shape index (κ2) is 7.10. The summed E-state index contributed by atoms with van der Waals surface area (Å²) < 4.78 is 41.3. The number of benzene rings is 2. The lowest BCUT2D eigenvalue weighted by Gasteiger charge is -2.35. The summed E-state index contributed by atoms with van der Waals surface area (Å²) >= 11 is 0. The van der Waals surface area contributed by atoms with E-state index in [1.165, 1.54) is 41.6 Å². The number of hydrogen-bond donors (Lipinski definition) is 1. The molecular weight excluding hydrogens is 361 g/mol. The number of aryl methyl sites for hydroxylation is 1. The fourth-order valence-corrected chi connectivity index (χ4v) is 4.96. The van der Waals surface area contributed by atoms with Gasteiger partial charge in [-0.2, -0.15) is 4.31 Å². The third-order valence-corrected chi connectivity index (χ3v) is 6.45. The third-order valence-electron chi connectivity index (χ3n) is 4.38. The number of nitro benzene ring substituents is 1. The number of nitrogens with one attached hydrogen (secondary N) is 1. The van der Waals surface area contributed by atoms with Gasteiger partial charge in [0.1, 0.15) is 5.82 Å². The van der Waals surface area contributed by atoms with Gasteiger partial charge in [0.25, 0.3) is 5.69 Å². The fourth-order valence-electron chi connectivity index (χ4n) is 3.13. The molecule has 0 bridgehead atoms. The molecule has 1 aliphatic rings. The minimum Gasteiger partial charge on any atom is -0.313 e. The van der Waals surface area contributed by atoms with Gasteiger partial charge in [-0.25, -0.2) is 12.8 Å². The molecule has 1 fully saturated rings. The van der Waals surface area contributed by atoms with Crippen LogP contribution in [0.3, 0.4) is 0 Å². The van der Waals surface area contributed by atoms with Gasteiger partial charge < -0.3 is 5.32 Å². The lowest BCUT2D eigenvalue weighted by molar-refractivity contribution is -0.385. The Morgan fingerprint density at radius 2 is 2.04 bits per heavy atom. The van der Waals surface area contributed by atoms with Gasteiger partial charge in [-0.05, 0) is 36.2 Å². The molecule has 3 rings (SSSR count). The molecule has 0 saturated carbocycles. The Morgan fingerprint density at radius 1 is 1.27 bits per heavy atom. The van der Waals surface area contributed by atoms with Gasteiger partial charge in [0, 0.05) is 31.8 Å². The normalized spacial score (nSPS) is 18.6. The maximum absolute atomic E-state index is 13.6. The number of halogens is 1. The van der Waals surface area contributed by atoms with E-state index in [0.717, 1.165) is 0 Å². The number of piperazine rings is 1. The van der Waals surface area contributed by atoms with Gasteiger partial charge in [-0.15, -0.1) is 0 Å². The summed E-state index contributed by atoms with van der Waals surface area (Å²) in [5.74, 6) is -0.433. The van der Waals surface area contributed by atoms with Crippen molar-refractivity contribution in [2.24, 2.45) is 0 Å². The minimum atomic E-state index is -3.90. The Hall–Kier alpha value is -2.36. The summed E-state index contributed by atoms with van der Waals surface area (Å²) in [5.41, 5.74) is 0.694. The number of nitro groups is 1. The van der Waals surface area contributed by atoms with Gasteiger partial charge in [0.05, 0.1) is 15.9 Å². The van der Waals surface area contributed by atoms with Crippen LogP contribution in [0.1, 0.15) is 17.2 Å².